The normalized spacial score (nSPS) is 22.3. The SMILES string of the molecule is Cc1ccc(C(C)NC2CC(C)c3c(C)ccc(O)c32)o1. The van der Waals surface area contributed by atoms with Gasteiger partial charge in [0, 0.05) is 11.6 Å². The molecule has 0 saturated heterocycles. The smallest absolute Gasteiger partial charge is 0.120 e. The predicted octanol–water partition coefficient (Wildman–Crippen LogP) is 4.50. The molecule has 3 heteroatoms. The molecule has 0 fully saturated rings. The van der Waals surface area contributed by atoms with Crippen LogP contribution in [0.2, 0.25) is 0 Å². The van der Waals surface area contributed by atoms with Crippen molar-refractivity contribution in [2.75, 3.05) is 0 Å². The lowest BCUT2D eigenvalue weighted by atomic mass is 9.97. The summed E-state index contributed by atoms with van der Waals surface area (Å²) in [6.45, 7) is 8.41. The van der Waals surface area contributed by atoms with Crippen LogP contribution >= 0.6 is 0 Å². The van der Waals surface area contributed by atoms with Crippen molar-refractivity contribution in [3.05, 3.63) is 52.5 Å². The molecule has 3 nitrogen and oxygen atoms in total. The highest BCUT2D eigenvalue weighted by atomic mass is 16.3. The number of fused-ring (bicyclic) bond motifs is 1. The predicted molar refractivity (Wildman–Crippen MR) is 83.6 cm³/mol. The van der Waals surface area contributed by atoms with Gasteiger partial charge in [0.15, 0.2) is 0 Å². The highest BCUT2D eigenvalue weighted by molar-refractivity contribution is 5.51. The van der Waals surface area contributed by atoms with Gasteiger partial charge in [-0.05, 0) is 62.4 Å². The minimum absolute atomic E-state index is 0.127. The van der Waals surface area contributed by atoms with E-state index in [0.29, 0.717) is 11.7 Å². The molecular weight excluding hydrogens is 262 g/mol. The van der Waals surface area contributed by atoms with Crippen LogP contribution in [0.5, 0.6) is 5.75 Å². The molecule has 0 amide bonds. The Morgan fingerprint density at radius 3 is 2.62 bits per heavy atom. The highest BCUT2D eigenvalue weighted by Gasteiger charge is 2.33. The lowest BCUT2D eigenvalue weighted by molar-refractivity contribution is 0.370. The molecule has 2 N–H and O–H groups in total. The summed E-state index contributed by atoms with van der Waals surface area (Å²) in [5, 5.41) is 13.9. The monoisotopic (exact) mass is 285 g/mol. The number of furan rings is 1. The second-order valence-corrected chi connectivity index (χ2v) is 6.26. The maximum absolute atomic E-state index is 10.3. The van der Waals surface area contributed by atoms with Gasteiger partial charge in [0.05, 0.1) is 6.04 Å². The van der Waals surface area contributed by atoms with Crippen LogP contribution in [0, 0.1) is 13.8 Å². The zero-order valence-corrected chi connectivity index (χ0v) is 13.1. The van der Waals surface area contributed by atoms with Gasteiger partial charge in [-0.3, -0.25) is 0 Å². The number of aromatic hydroxyl groups is 1. The summed E-state index contributed by atoms with van der Waals surface area (Å²) in [6.07, 6.45) is 1.01. The molecule has 0 radical (unpaired) electrons. The number of nitrogens with one attached hydrogen (secondary N) is 1. The molecule has 3 atom stereocenters. The molecule has 1 heterocycles. The standard InChI is InChI=1S/C18H23NO2/c1-10-5-7-15(20)18-14(9-11(2)17(10)18)19-13(4)16-8-6-12(3)21-16/h5-8,11,13-14,19-20H,9H2,1-4H3. The van der Waals surface area contributed by atoms with Crippen LogP contribution in [-0.2, 0) is 0 Å². The molecule has 3 rings (SSSR count). The first-order valence-corrected chi connectivity index (χ1v) is 7.62. The Morgan fingerprint density at radius 2 is 1.95 bits per heavy atom. The fourth-order valence-electron chi connectivity index (χ4n) is 3.56. The lowest BCUT2D eigenvalue weighted by Crippen LogP contribution is -2.22. The Labute approximate surface area is 126 Å². The third-order valence-corrected chi connectivity index (χ3v) is 4.55. The number of hydrogen-bond acceptors (Lipinski definition) is 3. The average molecular weight is 285 g/mol. The molecule has 2 aromatic rings. The lowest BCUT2D eigenvalue weighted by Gasteiger charge is -2.20. The Balaban J connectivity index is 1.88. The van der Waals surface area contributed by atoms with E-state index in [1.54, 1.807) is 0 Å². The molecule has 0 spiro atoms. The van der Waals surface area contributed by atoms with Crippen molar-refractivity contribution < 1.29 is 9.52 Å². The topological polar surface area (TPSA) is 45.4 Å². The van der Waals surface area contributed by atoms with Crippen molar-refractivity contribution in [2.24, 2.45) is 0 Å². The van der Waals surface area contributed by atoms with E-state index in [0.717, 1.165) is 23.5 Å². The van der Waals surface area contributed by atoms with Gasteiger partial charge in [0.1, 0.15) is 17.3 Å². The third kappa shape index (κ3) is 2.46. The summed E-state index contributed by atoms with van der Waals surface area (Å²) in [6, 6.07) is 8.12. The van der Waals surface area contributed by atoms with Gasteiger partial charge in [-0.2, -0.15) is 0 Å². The second kappa shape index (κ2) is 5.23. The van der Waals surface area contributed by atoms with Gasteiger partial charge in [0.2, 0.25) is 0 Å². The van der Waals surface area contributed by atoms with Crippen LogP contribution in [-0.4, -0.2) is 5.11 Å². The minimum Gasteiger partial charge on any atom is -0.508 e. The molecular formula is C18H23NO2. The number of phenols is 1. The maximum Gasteiger partial charge on any atom is 0.120 e. The number of rotatable bonds is 3. The number of benzene rings is 1. The van der Waals surface area contributed by atoms with Crippen LogP contribution < -0.4 is 5.32 Å². The molecule has 0 bridgehead atoms. The molecule has 1 aliphatic rings. The second-order valence-electron chi connectivity index (χ2n) is 6.26. The quantitative estimate of drug-likeness (QED) is 0.872. The first-order valence-electron chi connectivity index (χ1n) is 7.62. The van der Waals surface area contributed by atoms with Gasteiger partial charge in [-0.15, -0.1) is 0 Å². The zero-order valence-electron chi connectivity index (χ0n) is 13.1. The van der Waals surface area contributed by atoms with Crippen molar-refractivity contribution in [3.63, 3.8) is 0 Å². The average Bonchev–Trinajstić information content (AvgIpc) is 2.99. The van der Waals surface area contributed by atoms with Crippen molar-refractivity contribution >= 4 is 0 Å². The minimum atomic E-state index is 0.127. The van der Waals surface area contributed by atoms with Crippen molar-refractivity contribution in [1.29, 1.82) is 0 Å². The molecule has 3 unspecified atom stereocenters. The summed E-state index contributed by atoms with van der Waals surface area (Å²) in [4.78, 5) is 0. The van der Waals surface area contributed by atoms with E-state index in [1.807, 2.05) is 31.2 Å². The Bertz CT molecular complexity index is 659. The van der Waals surface area contributed by atoms with E-state index in [9.17, 15) is 5.11 Å². The summed E-state index contributed by atoms with van der Waals surface area (Å²) in [5.41, 5.74) is 3.63. The largest absolute Gasteiger partial charge is 0.508 e. The van der Waals surface area contributed by atoms with Gasteiger partial charge in [-0.1, -0.05) is 13.0 Å². The van der Waals surface area contributed by atoms with E-state index in [-0.39, 0.29) is 12.1 Å². The number of phenolic OH excluding ortho intramolecular Hbond substituents is 1. The fraction of sp³-hybridized carbons (Fsp3) is 0.444. The van der Waals surface area contributed by atoms with E-state index in [1.165, 1.54) is 11.1 Å². The van der Waals surface area contributed by atoms with Gasteiger partial charge >= 0.3 is 0 Å². The fourth-order valence-corrected chi connectivity index (χ4v) is 3.56. The molecule has 112 valence electrons. The Kier molecular flexibility index (Phi) is 3.54. The Morgan fingerprint density at radius 1 is 1.19 bits per heavy atom. The molecule has 1 aromatic heterocycles. The van der Waals surface area contributed by atoms with Crippen molar-refractivity contribution in [3.8, 4) is 5.75 Å². The van der Waals surface area contributed by atoms with Gasteiger partial charge in [-0.25, -0.2) is 0 Å². The van der Waals surface area contributed by atoms with Crippen molar-refractivity contribution in [2.45, 2.75) is 52.1 Å². The van der Waals surface area contributed by atoms with Crippen LogP contribution in [0.25, 0.3) is 0 Å². The first kappa shape index (κ1) is 14.2. The van der Waals surface area contributed by atoms with Gasteiger partial charge in [0.25, 0.3) is 0 Å². The molecule has 1 aromatic carbocycles. The molecule has 21 heavy (non-hydrogen) atoms. The highest BCUT2D eigenvalue weighted by Crippen LogP contribution is 2.46. The van der Waals surface area contributed by atoms with Crippen LogP contribution in [0.3, 0.4) is 0 Å². The van der Waals surface area contributed by atoms with Crippen molar-refractivity contribution in [1.82, 2.24) is 5.32 Å². The zero-order chi connectivity index (χ0) is 15.1. The molecule has 0 aliphatic heterocycles. The van der Waals surface area contributed by atoms with E-state index in [4.69, 9.17) is 4.42 Å². The number of hydrogen-bond donors (Lipinski definition) is 2. The summed E-state index contributed by atoms with van der Waals surface area (Å²) in [5.74, 6) is 2.74. The van der Waals surface area contributed by atoms with Gasteiger partial charge < -0.3 is 14.8 Å². The summed E-state index contributed by atoms with van der Waals surface area (Å²) >= 11 is 0. The first-order chi connectivity index (χ1) is 9.97. The van der Waals surface area contributed by atoms with Crippen LogP contribution in [0.4, 0.5) is 0 Å². The van der Waals surface area contributed by atoms with Crippen LogP contribution in [0.15, 0.2) is 28.7 Å². The summed E-state index contributed by atoms with van der Waals surface area (Å²) < 4.78 is 5.70. The maximum atomic E-state index is 10.3. The molecule has 0 saturated carbocycles. The van der Waals surface area contributed by atoms with E-state index in [2.05, 4.69) is 26.1 Å². The summed E-state index contributed by atoms with van der Waals surface area (Å²) in [7, 11) is 0. The Hall–Kier alpha value is -1.74. The van der Waals surface area contributed by atoms with Crippen LogP contribution in [0.1, 0.15) is 66.5 Å². The van der Waals surface area contributed by atoms with E-state index >= 15 is 0 Å². The van der Waals surface area contributed by atoms with E-state index < -0.39 is 0 Å². The number of aryl methyl sites for hydroxylation is 2. The molecule has 1 aliphatic carbocycles. The third-order valence-electron chi connectivity index (χ3n) is 4.55.